The van der Waals surface area contributed by atoms with Crippen molar-refractivity contribution in [1.82, 2.24) is 15.0 Å². The molecule has 5 nitrogen and oxygen atoms in total. The van der Waals surface area contributed by atoms with Gasteiger partial charge in [0.1, 0.15) is 6.04 Å². The monoisotopic (exact) mass is 327 g/mol. The number of benzene rings is 1. The third-order valence-corrected chi connectivity index (χ3v) is 4.52. The van der Waals surface area contributed by atoms with Crippen molar-refractivity contribution in [3.05, 3.63) is 36.2 Å². The quantitative estimate of drug-likeness (QED) is 0.824. The van der Waals surface area contributed by atoms with Crippen LogP contribution in [-0.4, -0.2) is 27.5 Å². The van der Waals surface area contributed by atoms with Crippen LogP contribution in [0.2, 0.25) is 0 Å². The number of carbonyl (C=O) groups is 1. The van der Waals surface area contributed by atoms with Gasteiger partial charge in [-0.05, 0) is 31.6 Å². The molecule has 1 atom stereocenters. The maximum absolute atomic E-state index is 12.6. The van der Waals surface area contributed by atoms with Gasteiger partial charge in [0.2, 0.25) is 17.6 Å². The lowest BCUT2D eigenvalue weighted by atomic mass is 10.00. The number of hydrogen-bond donors (Lipinski definition) is 0. The number of likely N-dealkylation sites (tertiary alicyclic amines) is 1. The molecule has 0 aliphatic carbocycles. The van der Waals surface area contributed by atoms with E-state index in [1.807, 2.05) is 35.2 Å². The predicted octanol–water partition coefficient (Wildman–Crippen LogP) is 4.23. The van der Waals surface area contributed by atoms with Gasteiger partial charge in [0.25, 0.3) is 0 Å². The minimum absolute atomic E-state index is 0.0802. The van der Waals surface area contributed by atoms with Gasteiger partial charge >= 0.3 is 0 Å². The molecule has 0 radical (unpaired) electrons. The Hall–Kier alpha value is -2.17. The van der Waals surface area contributed by atoms with Gasteiger partial charge in [0.15, 0.2) is 0 Å². The maximum atomic E-state index is 12.6. The van der Waals surface area contributed by atoms with Crippen molar-refractivity contribution < 1.29 is 9.32 Å². The van der Waals surface area contributed by atoms with Gasteiger partial charge in [0, 0.05) is 18.5 Å². The van der Waals surface area contributed by atoms with Crippen molar-refractivity contribution in [3.63, 3.8) is 0 Å². The van der Waals surface area contributed by atoms with Gasteiger partial charge in [-0.3, -0.25) is 4.79 Å². The van der Waals surface area contributed by atoms with E-state index >= 15 is 0 Å². The van der Waals surface area contributed by atoms with Gasteiger partial charge < -0.3 is 9.42 Å². The summed E-state index contributed by atoms with van der Waals surface area (Å²) in [5.41, 5.74) is 0.931. The minimum atomic E-state index is -0.0802. The van der Waals surface area contributed by atoms with Gasteiger partial charge in [-0.25, -0.2) is 0 Å². The molecule has 2 heterocycles. The molecule has 3 rings (SSSR count). The van der Waals surface area contributed by atoms with Crippen LogP contribution in [0.25, 0.3) is 11.4 Å². The van der Waals surface area contributed by atoms with Crippen molar-refractivity contribution in [2.24, 2.45) is 5.92 Å². The molecule has 1 aromatic carbocycles. The first-order valence-electron chi connectivity index (χ1n) is 8.83. The predicted molar refractivity (Wildman–Crippen MR) is 92.1 cm³/mol. The average molecular weight is 327 g/mol. The molecule has 1 unspecified atom stereocenters. The zero-order valence-corrected chi connectivity index (χ0v) is 14.4. The second-order valence-corrected chi connectivity index (χ2v) is 6.85. The SMILES string of the molecule is CC(C)CCC(=O)N1CCCCC1c1nc(-c2ccccc2)no1. The molecule has 1 aromatic heterocycles. The number of piperidine rings is 1. The lowest BCUT2D eigenvalue weighted by Gasteiger charge is -2.33. The number of rotatable bonds is 5. The van der Waals surface area contributed by atoms with Crippen LogP contribution in [0.3, 0.4) is 0 Å². The van der Waals surface area contributed by atoms with E-state index in [1.54, 1.807) is 0 Å². The third-order valence-electron chi connectivity index (χ3n) is 4.52. The van der Waals surface area contributed by atoms with E-state index in [0.29, 0.717) is 24.1 Å². The van der Waals surface area contributed by atoms with Crippen LogP contribution >= 0.6 is 0 Å². The second-order valence-electron chi connectivity index (χ2n) is 6.85. The van der Waals surface area contributed by atoms with E-state index in [0.717, 1.165) is 37.8 Å². The summed E-state index contributed by atoms with van der Waals surface area (Å²) in [5.74, 6) is 1.88. The molecule has 1 saturated heterocycles. The number of hydrogen-bond acceptors (Lipinski definition) is 4. The van der Waals surface area contributed by atoms with E-state index in [9.17, 15) is 4.79 Å². The molecule has 128 valence electrons. The summed E-state index contributed by atoms with van der Waals surface area (Å²) in [6.45, 7) is 5.07. The summed E-state index contributed by atoms with van der Waals surface area (Å²) in [7, 11) is 0. The Bertz CT molecular complexity index is 666. The molecule has 0 saturated carbocycles. The molecule has 5 heteroatoms. The summed E-state index contributed by atoms with van der Waals surface area (Å²) >= 11 is 0. The number of amides is 1. The Labute approximate surface area is 143 Å². The van der Waals surface area contributed by atoms with Crippen LogP contribution in [0, 0.1) is 5.92 Å². The second kappa shape index (κ2) is 7.60. The third kappa shape index (κ3) is 3.83. The molecular weight excluding hydrogens is 302 g/mol. The van der Waals surface area contributed by atoms with Crippen LogP contribution in [0.5, 0.6) is 0 Å². The molecule has 0 N–H and O–H groups in total. The van der Waals surface area contributed by atoms with E-state index in [4.69, 9.17) is 4.52 Å². The highest BCUT2D eigenvalue weighted by molar-refractivity contribution is 5.76. The van der Waals surface area contributed by atoms with E-state index in [2.05, 4.69) is 24.0 Å². The standard InChI is InChI=1S/C19H25N3O2/c1-14(2)11-12-17(23)22-13-7-6-10-16(22)19-20-18(21-24-19)15-8-4-3-5-9-15/h3-5,8-9,14,16H,6-7,10-13H2,1-2H3. The van der Waals surface area contributed by atoms with Crippen molar-refractivity contribution in [3.8, 4) is 11.4 Å². The molecule has 24 heavy (non-hydrogen) atoms. The molecule has 1 aliphatic rings. The molecule has 1 fully saturated rings. The Balaban J connectivity index is 1.76. The van der Waals surface area contributed by atoms with E-state index in [-0.39, 0.29) is 11.9 Å². The fourth-order valence-corrected chi connectivity index (χ4v) is 3.12. The molecule has 2 aromatic rings. The van der Waals surface area contributed by atoms with Crippen LogP contribution < -0.4 is 0 Å². The normalized spacial score (nSPS) is 18.1. The Morgan fingerprint density at radius 1 is 1.29 bits per heavy atom. The molecule has 1 amide bonds. The number of aromatic nitrogens is 2. The average Bonchev–Trinajstić information content (AvgIpc) is 3.10. The van der Waals surface area contributed by atoms with Crippen LogP contribution in [0.4, 0.5) is 0 Å². The maximum Gasteiger partial charge on any atom is 0.249 e. The summed E-state index contributed by atoms with van der Waals surface area (Å²) < 4.78 is 5.51. The summed E-state index contributed by atoms with van der Waals surface area (Å²) in [5, 5.41) is 4.11. The van der Waals surface area contributed by atoms with Crippen LogP contribution in [0.15, 0.2) is 34.9 Å². The van der Waals surface area contributed by atoms with Crippen molar-refractivity contribution in [2.45, 2.75) is 52.0 Å². The summed E-state index contributed by atoms with van der Waals surface area (Å²) in [4.78, 5) is 19.1. The zero-order chi connectivity index (χ0) is 16.9. The van der Waals surface area contributed by atoms with E-state index < -0.39 is 0 Å². The number of nitrogens with zero attached hydrogens (tertiary/aromatic N) is 3. The summed E-state index contributed by atoms with van der Waals surface area (Å²) in [6, 6.07) is 9.70. The van der Waals surface area contributed by atoms with Gasteiger partial charge in [-0.1, -0.05) is 49.3 Å². The molecule has 1 aliphatic heterocycles. The topological polar surface area (TPSA) is 59.2 Å². The fraction of sp³-hybridized carbons (Fsp3) is 0.526. The lowest BCUT2D eigenvalue weighted by Crippen LogP contribution is -2.38. The first-order chi connectivity index (χ1) is 11.6. The first kappa shape index (κ1) is 16.7. The largest absolute Gasteiger partial charge is 0.337 e. The van der Waals surface area contributed by atoms with Crippen molar-refractivity contribution in [1.29, 1.82) is 0 Å². The van der Waals surface area contributed by atoms with Crippen LogP contribution in [-0.2, 0) is 4.79 Å². The number of carbonyl (C=O) groups excluding carboxylic acids is 1. The van der Waals surface area contributed by atoms with E-state index in [1.165, 1.54) is 0 Å². The van der Waals surface area contributed by atoms with Crippen molar-refractivity contribution >= 4 is 5.91 Å². The Kier molecular flexibility index (Phi) is 5.28. The zero-order valence-electron chi connectivity index (χ0n) is 14.4. The van der Waals surface area contributed by atoms with Gasteiger partial charge in [0.05, 0.1) is 0 Å². The van der Waals surface area contributed by atoms with Gasteiger partial charge in [-0.2, -0.15) is 4.98 Å². The minimum Gasteiger partial charge on any atom is -0.337 e. The lowest BCUT2D eigenvalue weighted by molar-refractivity contribution is -0.136. The molecular formula is C19H25N3O2. The first-order valence-corrected chi connectivity index (χ1v) is 8.83. The molecule has 0 bridgehead atoms. The Morgan fingerprint density at radius 2 is 2.08 bits per heavy atom. The van der Waals surface area contributed by atoms with Crippen LogP contribution in [0.1, 0.15) is 57.9 Å². The highest BCUT2D eigenvalue weighted by Crippen LogP contribution is 2.32. The summed E-state index contributed by atoms with van der Waals surface area (Å²) in [6.07, 6.45) is 4.53. The highest BCUT2D eigenvalue weighted by Gasteiger charge is 2.31. The van der Waals surface area contributed by atoms with Gasteiger partial charge in [-0.15, -0.1) is 0 Å². The fourth-order valence-electron chi connectivity index (χ4n) is 3.12. The molecule has 0 spiro atoms. The van der Waals surface area contributed by atoms with Crippen molar-refractivity contribution in [2.75, 3.05) is 6.54 Å². The smallest absolute Gasteiger partial charge is 0.249 e. The highest BCUT2D eigenvalue weighted by atomic mass is 16.5. The Morgan fingerprint density at radius 3 is 2.83 bits per heavy atom.